The molecule has 0 aliphatic rings. The minimum atomic E-state index is -0.222. The first kappa shape index (κ1) is 11.3. The Balaban J connectivity index is 2.30. The van der Waals surface area contributed by atoms with Gasteiger partial charge >= 0.3 is 0 Å². The van der Waals surface area contributed by atoms with E-state index < -0.39 is 0 Å². The van der Waals surface area contributed by atoms with Gasteiger partial charge in [0.25, 0.3) is 0 Å². The largest absolute Gasteiger partial charge is 0.329 e. The van der Waals surface area contributed by atoms with Crippen LogP contribution in [-0.2, 0) is 13.1 Å². The smallest absolute Gasteiger partial charge is 0.128 e. The SMILES string of the molecule is NCc1nccn1Cc1cc(Br)ccc1F. The predicted octanol–water partition coefficient (Wildman–Crippen LogP) is 2.29. The first-order valence-electron chi connectivity index (χ1n) is 4.84. The van der Waals surface area contributed by atoms with E-state index in [1.807, 2.05) is 4.57 Å². The third-order valence-electron chi connectivity index (χ3n) is 2.33. The quantitative estimate of drug-likeness (QED) is 0.939. The number of benzene rings is 1. The lowest BCUT2D eigenvalue weighted by molar-refractivity contribution is 0.594. The maximum Gasteiger partial charge on any atom is 0.128 e. The van der Waals surface area contributed by atoms with Gasteiger partial charge in [0, 0.05) is 22.4 Å². The van der Waals surface area contributed by atoms with Crippen LogP contribution in [0.15, 0.2) is 35.1 Å². The van der Waals surface area contributed by atoms with Gasteiger partial charge < -0.3 is 10.3 Å². The molecule has 0 fully saturated rings. The molecule has 1 aromatic carbocycles. The molecular weight excluding hydrogens is 273 g/mol. The zero-order chi connectivity index (χ0) is 11.5. The van der Waals surface area contributed by atoms with Crippen LogP contribution in [0, 0.1) is 5.82 Å². The first-order chi connectivity index (χ1) is 7.70. The van der Waals surface area contributed by atoms with Crippen LogP contribution in [0.3, 0.4) is 0 Å². The molecular formula is C11H11BrFN3. The third-order valence-corrected chi connectivity index (χ3v) is 2.83. The van der Waals surface area contributed by atoms with Crippen LogP contribution < -0.4 is 5.73 Å². The Hall–Kier alpha value is -1.20. The van der Waals surface area contributed by atoms with Crippen LogP contribution in [0.2, 0.25) is 0 Å². The second kappa shape index (κ2) is 4.76. The molecule has 0 spiro atoms. The summed E-state index contributed by atoms with van der Waals surface area (Å²) in [5, 5.41) is 0. The molecule has 0 saturated heterocycles. The highest BCUT2D eigenvalue weighted by Crippen LogP contribution is 2.17. The van der Waals surface area contributed by atoms with Gasteiger partial charge in [-0.15, -0.1) is 0 Å². The highest BCUT2D eigenvalue weighted by molar-refractivity contribution is 9.10. The van der Waals surface area contributed by atoms with E-state index in [4.69, 9.17) is 5.73 Å². The lowest BCUT2D eigenvalue weighted by Crippen LogP contribution is -2.09. The Bertz CT molecular complexity index is 496. The fraction of sp³-hybridized carbons (Fsp3) is 0.182. The molecule has 0 bridgehead atoms. The van der Waals surface area contributed by atoms with Crippen molar-refractivity contribution in [2.75, 3.05) is 0 Å². The second-order valence-electron chi connectivity index (χ2n) is 3.41. The molecule has 5 heteroatoms. The number of nitrogens with zero attached hydrogens (tertiary/aromatic N) is 2. The van der Waals surface area contributed by atoms with Gasteiger partial charge in [-0.3, -0.25) is 0 Å². The number of hydrogen-bond donors (Lipinski definition) is 1. The van der Waals surface area contributed by atoms with Crippen molar-refractivity contribution in [3.05, 3.63) is 52.3 Å². The number of hydrogen-bond acceptors (Lipinski definition) is 2. The number of rotatable bonds is 3. The van der Waals surface area contributed by atoms with Crippen LogP contribution in [0.1, 0.15) is 11.4 Å². The van der Waals surface area contributed by atoms with Crippen molar-refractivity contribution in [2.45, 2.75) is 13.1 Å². The van der Waals surface area contributed by atoms with Gasteiger partial charge in [-0.2, -0.15) is 0 Å². The summed E-state index contributed by atoms with van der Waals surface area (Å²) in [6.45, 7) is 0.792. The number of aromatic nitrogens is 2. The maximum absolute atomic E-state index is 13.5. The van der Waals surface area contributed by atoms with Gasteiger partial charge in [0.15, 0.2) is 0 Å². The van der Waals surface area contributed by atoms with Crippen molar-refractivity contribution in [2.24, 2.45) is 5.73 Å². The summed E-state index contributed by atoms with van der Waals surface area (Å²) >= 11 is 3.32. The van der Waals surface area contributed by atoms with Gasteiger partial charge in [-0.1, -0.05) is 15.9 Å². The molecule has 0 atom stereocenters. The van der Waals surface area contributed by atoms with E-state index in [0.29, 0.717) is 18.7 Å². The van der Waals surface area contributed by atoms with Crippen LogP contribution >= 0.6 is 15.9 Å². The maximum atomic E-state index is 13.5. The van der Waals surface area contributed by atoms with Crippen molar-refractivity contribution in [3.8, 4) is 0 Å². The van der Waals surface area contributed by atoms with Crippen molar-refractivity contribution < 1.29 is 4.39 Å². The second-order valence-corrected chi connectivity index (χ2v) is 4.33. The average molecular weight is 284 g/mol. The highest BCUT2D eigenvalue weighted by atomic mass is 79.9. The first-order valence-corrected chi connectivity index (χ1v) is 5.64. The standard InChI is InChI=1S/C11H11BrFN3/c12-9-1-2-10(13)8(5-9)7-16-4-3-15-11(16)6-14/h1-5H,6-7,14H2. The summed E-state index contributed by atoms with van der Waals surface area (Å²) in [5.41, 5.74) is 6.14. The summed E-state index contributed by atoms with van der Waals surface area (Å²) in [4.78, 5) is 4.09. The van der Waals surface area contributed by atoms with E-state index in [1.54, 1.807) is 24.5 Å². The van der Waals surface area contributed by atoms with E-state index in [0.717, 1.165) is 10.3 Å². The molecule has 1 heterocycles. The van der Waals surface area contributed by atoms with Crippen molar-refractivity contribution in [1.82, 2.24) is 9.55 Å². The van der Waals surface area contributed by atoms with Crippen molar-refractivity contribution in [1.29, 1.82) is 0 Å². The fourth-order valence-corrected chi connectivity index (χ4v) is 1.93. The number of nitrogens with two attached hydrogens (primary N) is 1. The van der Waals surface area contributed by atoms with E-state index in [-0.39, 0.29) is 5.82 Å². The Morgan fingerprint density at radius 3 is 3.00 bits per heavy atom. The Kier molecular flexibility index (Phi) is 3.36. The Morgan fingerprint density at radius 2 is 2.25 bits per heavy atom. The summed E-state index contributed by atoms with van der Waals surface area (Å²) in [6, 6.07) is 4.88. The van der Waals surface area contributed by atoms with E-state index in [1.165, 1.54) is 6.07 Å². The lowest BCUT2D eigenvalue weighted by atomic mass is 10.2. The summed E-state index contributed by atoms with van der Waals surface area (Å²) < 4.78 is 16.2. The molecule has 0 unspecified atom stereocenters. The molecule has 0 aliphatic carbocycles. The molecule has 2 N–H and O–H groups in total. The van der Waals surface area contributed by atoms with Gasteiger partial charge in [0.1, 0.15) is 11.6 Å². The molecule has 2 aromatic rings. The molecule has 84 valence electrons. The molecule has 3 nitrogen and oxygen atoms in total. The molecule has 0 radical (unpaired) electrons. The van der Waals surface area contributed by atoms with Crippen LogP contribution in [-0.4, -0.2) is 9.55 Å². The van der Waals surface area contributed by atoms with Crippen LogP contribution in [0.25, 0.3) is 0 Å². The zero-order valence-corrected chi connectivity index (χ0v) is 10.1. The summed E-state index contributed by atoms with van der Waals surface area (Å²) in [7, 11) is 0. The number of halogens is 2. The number of imidazole rings is 1. The third kappa shape index (κ3) is 2.31. The van der Waals surface area contributed by atoms with Gasteiger partial charge in [-0.25, -0.2) is 9.37 Å². The molecule has 0 aliphatic heterocycles. The Morgan fingerprint density at radius 1 is 1.44 bits per heavy atom. The average Bonchev–Trinajstić information content (AvgIpc) is 2.71. The van der Waals surface area contributed by atoms with Crippen molar-refractivity contribution >= 4 is 15.9 Å². The predicted molar refractivity (Wildman–Crippen MR) is 63.3 cm³/mol. The normalized spacial score (nSPS) is 10.7. The van der Waals surface area contributed by atoms with Gasteiger partial charge in [0.2, 0.25) is 0 Å². The lowest BCUT2D eigenvalue weighted by Gasteiger charge is -2.07. The summed E-state index contributed by atoms with van der Waals surface area (Å²) in [6.07, 6.45) is 3.46. The van der Waals surface area contributed by atoms with Crippen LogP contribution in [0.4, 0.5) is 4.39 Å². The molecule has 16 heavy (non-hydrogen) atoms. The van der Waals surface area contributed by atoms with Crippen LogP contribution in [0.5, 0.6) is 0 Å². The highest BCUT2D eigenvalue weighted by Gasteiger charge is 2.06. The molecule has 2 rings (SSSR count). The fourth-order valence-electron chi connectivity index (χ4n) is 1.52. The van der Waals surface area contributed by atoms with Gasteiger partial charge in [0.05, 0.1) is 13.1 Å². The monoisotopic (exact) mass is 283 g/mol. The van der Waals surface area contributed by atoms with Crippen molar-refractivity contribution in [3.63, 3.8) is 0 Å². The Labute approximate surface area is 101 Å². The van der Waals surface area contributed by atoms with Gasteiger partial charge in [-0.05, 0) is 18.2 Å². The minimum Gasteiger partial charge on any atom is -0.329 e. The minimum absolute atomic E-state index is 0.222. The molecule has 0 amide bonds. The molecule has 0 saturated carbocycles. The van der Waals surface area contributed by atoms with E-state index in [9.17, 15) is 4.39 Å². The molecule has 1 aromatic heterocycles. The topological polar surface area (TPSA) is 43.8 Å². The summed E-state index contributed by atoms with van der Waals surface area (Å²) in [5.74, 6) is 0.527. The zero-order valence-electron chi connectivity index (χ0n) is 8.53. The van der Waals surface area contributed by atoms with E-state index >= 15 is 0 Å². The van der Waals surface area contributed by atoms with E-state index in [2.05, 4.69) is 20.9 Å².